The molecule has 0 fully saturated rings. The van der Waals surface area contributed by atoms with Gasteiger partial charge >= 0.3 is 0 Å². The van der Waals surface area contributed by atoms with Crippen molar-refractivity contribution in [2.24, 2.45) is 0 Å². The van der Waals surface area contributed by atoms with Crippen LogP contribution in [0.25, 0.3) is 0 Å². The number of ether oxygens (including phenoxy) is 1. The van der Waals surface area contributed by atoms with Crippen molar-refractivity contribution in [1.29, 1.82) is 0 Å². The minimum Gasteiger partial charge on any atom is -0.494 e. The number of nitrogens with zero attached hydrogens (tertiary/aromatic N) is 1. The number of fused-ring (bicyclic) bond motifs is 1. The number of carbonyl (C=O) groups excluding carboxylic acids is 2. The molecule has 3 rings (SSSR count). The van der Waals surface area contributed by atoms with Crippen LogP contribution in [0, 0.1) is 0 Å². The molecule has 1 aliphatic rings. The number of hydrogen-bond acceptors (Lipinski definition) is 4. The van der Waals surface area contributed by atoms with Crippen molar-refractivity contribution in [1.82, 2.24) is 0 Å². The molecule has 1 heterocycles. The molecule has 2 aromatic rings. The van der Waals surface area contributed by atoms with Crippen molar-refractivity contribution in [2.75, 3.05) is 23.4 Å². The largest absolute Gasteiger partial charge is 0.494 e. The maximum Gasteiger partial charge on any atom is 0.244 e. The molecular weight excluding hydrogens is 348 g/mol. The summed E-state index contributed by atoms with van der Waals surface area (Å²) in [7, 11) is 0. The maximum absolute atomic E-state index is 12.6. The molecule has 1 aliphatic heterocycles. The third-order valence-electron chi connectivity index (χ3n) is 4.00. The average molecular weight is 370 g/mol. The first-order valence-corrected chi connectivity index (χ1v) is 9.53. The Morgan fingerprint density at radius 1 is 1.23 bits per heavy atom. The smallest absolute Gasteiger partial charge is 0.244 e. The number of carbonyl (C=O) groups is 2. The van der Waals surface area contributed by atoms with Gasteiger partial charge in [-0.05, 0) is 43.3 Å². The fourth-order valence-electron chi connectivity index (χ4n) is 2.85. The van der Waals surface area contributed by atoms with Gasteiger partial charge in [-0.1, -0.05) is 19.1 Å². The number of rotatable bonds is 5. The fourth-order valence-corrected chi connectivity index (χ4v) is 3.96. The van der Waals surface area contributed by atoms with Crippen LogP contribution in [-0.2, 0) is 9.59 Å². The van der Waals surface area contributed by atoms with Crippen molar-refractivity contribution in [3.05, 3.63) is 48.5 Å². The van der Waals surface area contributed by atoms with Crippen LogP contribution in [0.2, 0.25) is 0 Å². The number of para-hydroxylation sites is 1. The van der Waals surface area contributed by atoms with Gasteiger partial charge in [-0.15, -0.1) is 11.8 Å². The highest BCUT2D eigenvalue weighted by molar-refractivity contribution is 8.00. The summed E-state index contributed by atoms with van der Waals surface area (Å²) in [6.45, 7) is 4.54. The quantitative estimate of drug-likeness (QED) is 0.866. The summed E-state index contributed by atoms with van der Waals surface area (Å²) in [5.74, 6) is 0.502. The monoisotopic (exact) mass is 370 g/mol. The first kappa shape index (κ1) is 18.3. The second-order valence-electron chi connectivity index (χ2n) is 6.09. The van der Waals surface area contributed by atoms with Crippen LogP contribution in [0.15, 0.2) is 53.4 Å². The van der Waals surface area contributed by atoms with Gasteiger partial charge in [0.2, 0.25) is 11.8 Å². The van der Waals surface area contributed by atoms with E-state index in [0.29, 0.717) is 18.7 Å². The van der Waals surface area contributed by atoms with E-state index in [-0.39, 0.29) is 23.6 Å². The van der Waals surface area contributed by atoms with Crippen LogP contribution in [0.5, 0.6) is 5.75 Å². The topological polar surface area (TPSA) is 58.6 Å². The van der Waals surface area contributed by atoms with E-state index in [0.717, 1.165) is 16.3 Å². The Hall–Kier alpha value is -2.47. The highest BCUT2D eigenvalue weighted by Crippen LogP contribution is 2.37. The first-order valence-electron chi connectivity index (χ1n) is 8.65. The highest BCUT2D eigenvalue weighted by atomic mass is 32.2. The third-order valence-corrected chi connectivity index (χ3v) is 5.17. The second kappa shape index (κ2) is 8.27. The molecule has 0 bridgehead atoms. The molecule has 0 aliphatic carbocycles. The molecule has 2 amide bonds. The summed E-state index contributed by atoms with van der Waals surface area (Å²) in [5.41, 5.74) is 1.48. The van der Waals surface area contributed by atoms with Crippen LogP contribution >= 0.6 is 11.8 Å². The van der Waals surface area contributed by atoms with Gasteiger partial charge in [0, 0.05) is 22.3 Å². The minimum absolute atomic E-state index is 0.00363. The van der Waals surface area contributed by atoms with Crippen molar-refractivity contribution in [2.45, 2.75) is 30.4 Å². The van der Waals surface area contributed by atoms with Crippen LogP contribution in [0.1, 0.15) is 20.3 Å². The van der Waals surface area contributed by atoms with Crippen LogP contribution < -0.4 is 15.0 Å². The van der Waals surface area contributed by atoms with Gasteiger partial charge in [0.15, 0.2) is 0 Å². The van der Waals surface area contributed by atoms with Gasteiger partial charge in [0.25, 0.3) is 0 Å². The Morgan fingerprint density at radius 2 is 1.96 bits per heavy atom. The van der Waals surface area contributed by atoms with Crippen molar-refractivity contribution in [3.8, 4) is 5.75 Å². The molecule has 0 radical (unpaired) electrons. The van der Waals surface area contributed by atoms with E-state index in [4.69, 9.17) is 4.74 Å². The van der Waals surface area contributed by atoms with Crippen molar-refractivity contribution in [3.63, 3.8) is 0 Å². The first-order chi connectivity index (χ1) is 12.6. The molecule has 136 valence electrons. The predicted molar refractivity (Wildman–Crippen MR) is 105 cm³/mol. The Balaban J connectivity index is 1.72. The lowest BCUT2D eigenvalue weighted by molar-refractivity contribution is -0.121. The zero-order chi connectivity index (χ0) is 18.5. The molecule has 2 aromatic carbocycles. The predicted octanol–water partition coefficient (Wildman–Crippen LogP) is 3.94. The molecule has 0 spiro atoms. The van der Waals surface area contributed by atoms with Crippen molar-refractivity contribution >= 4 is 35.0 Å². The van der Waals surface area contributed by atoms with Gasteiger partial charge < -0.3 is 15.0 Å². The van der Waals surface area contributed by atoms with Crippen molar-refractivity contribution < 1.29 is 14.3 Å². The lowest BCUT2D eigenvalue weighted by atomic mass is 10.2. The van der Waals surface area contributed by atoms with Gasteiger partial charge in [-0.2, -0.15) is 0 Å². The minimum atomic E-state index is -0.225. The van der Waals surface area contributed by atoms with Crippen LogP contribution in [-0.4, -0.2) is 30.2 Å². The SMILES string of the molecule is CCOc1ccc(NC(=O)CN2C(=O)C[C@H](C)Sc3ccccc32)cc1. The maximum atomic E-state index is 12.6. The Labute approximate surface area is 157 Å². The summed E-state index contributed by atoms with van der Waals surface area (Å²) < 4.78 is 5.40. The molecule has 6 heteroatoms. The zero-order valence-corrected chi connectivity index (χ0v) is 15.7. The summed E-state index contributed by atoms with van der Waals surface area (Å²) >= 11 is 1.67. The molecule has 1 N–H and O–H groups in total. The third kappa shape index (κ3) is 4.38. The van der Waals surface area contributed by atoms with Gasteiger partial charge in [-0.25, -0.2) is 0 Å². The molecule has 26 heavy (non-hydrogen) atoms. The van der Waals surface area contributed by atoms with E-state index < -0.39 is 0 Å². The van der Waals surface area contributed by atoms with Crippen LogP contribution in [0.3, 0.4) is 0 Å². The van der Waals surface area contributed by atoms with E-state index in [1.165, 1.54) is 0 Å². The Bertz CT molecular complexity index is 792. The summed E-state index contributed by atoms with van der Waals surface area (Å²) in [5, 5.41) is 3.03. The summed E-state index contributed by atoms with van der Waals surface area (Å²) in [4.78, 5) is 27.7. The molecule has 5 nitrogen and oxygen atoms in total. The van der Waals surface area contributed by atoms with E-state index in [1.54, 1.807) is 28.8 Å². The van der Waals surface area contributed by atoms with Gasteiger partial charge in [-0.3, -0.25) is 9.59 Å². The standard InChI is InChI=1S/C20H22N2O3S/c1-3-25-16-10-8-15(9-11-16)21-19(23)13-22-17-6-4-5-7-18(17)26-14(2)12-20(22)24/h4-11,14H,3,12-13H2,1-2H3,(H,21,23)/t14-/m0/s1. The Morgan fingerprint density at radius 3 is 2.69 bits per heavy atom. The number of anilines is 2. The molecule has 1 atom stereocenters. The molecule has 0 aromatic heterocycles. The summed E-state index contributed by atoms with van der Waals surface area (Å²) in [6.07, 6.45) is 0.412. The van der Waals surface area contributed by atoms with E-state index in [2.05, 4.69) is 5.32 Å². The Kier molecular flexibility index (Phi) is 5.83. The highest BCUT2D eigenvalue weighted by Gasteiger charge is 2.27. The fraction of sp³-hybridized carbons (Fsp3) is 0.300. The normalized spacial score (nSPS) is 16.6. The number of hydrogen-bond donors (Lipinski definition) is 1. The van der Waals surface area contributed by atoms with Crippen LogP contribution in [0.4, 0.5) is 11.4 Å². The van der Waals surface area contributed by atoms with E-state index in [1.807, 2.05) is 50.2 Å². The molecule has 0 saturated carbocycles. The number of nitrogens with one attached hydrogen (secondary N) is 1. The zero-order valence-electron chi connectivity index (χ0n) is 14.9. The van der Waals surface area contributed by atoms with Gasteiger partial charge in [0.05, 0.1) is 12.3 Å². The molecule has 0 unspecified atom stereocenters. The summed E-state index contributed by atoms with van der Waals surface area (Å²) in [6, 6.07) is 14.9. The average Bonchev–Trinajstić information content (AvgIpc) is 2.73. The number of thioether (sulfide) groups is 1. The number of benzene rings is 2. The van der Waals surface area contributed by atoms with Gasteiger partial charge in [0.1, 0.15) is 12.3 Å². The lowest BCUT2D eigenvalue weighted by Gasteiger charge is -2.22. The second-order valence-corrected chi connectivity index (χ2v) is 7.57. The molecular formula is C20H22N2O3S. The molecule has 0 saturated heterocycles. The van der Waals surface area contributed by atoms with E-state index in [9.17, 15) is 9.59 Å². The number of amides is 2. The lowest BCUT2D eigenvalue weighted by Crippen LogP contribution is -2.38. The van der Waals surface area contributed by atoms with E-state index >= 15 is 0 Å².